The quantitative estimate of drug-likeness (QED) is 0.836. The Labute approximate surface area is 130 Å². The molecule has 1 aromatic heterocycles. The highest BCUT2D eigenvalue weighted by Crippen LogP contribution is 2.23. The minimum Gasteiger partial charge on any atom is -0.350 e. The van der Waals surface area contributed by atoms with Crippen molar-refractivity contribution in [1.29, 1.82) is 0 Å². The van der Waals surface area contributed by atoms with Crippen molar-refractivity contribution in [3.63, 3.8) is 0 Å². The molecule has 1 amide bonds. The Kier molecular flexibility index (Phi) is 5.78. The summed E-state index contributed by atoms with van der Waals surface area (Å²) in [6.45, 7) is 2.57. The molecule has 7 heteroatoms. The molecule has 2 N–H and O–H groups in total. The highest BCUT2D eigenvalue weighted by molar-refractivity contribution is 7.90. The van der Waals surface area contributed by atoms with Gasteiger partial charge in [0.15, 0.2) is 0 Å². The SMILES string of the molecule is CC1CCC(NS(=O)(=O)CC(=O)NCc2cccs2)CC1. The third-order valence-electron chi connectivity index (χ3n) is 3.72. The fraction of sp³-hybridized carbons (Fsp3) is 0.643. The molecular weight excluding hydrogens is 308 g/mol. The average Bonchev–Trinajstić information content (AvgIpc) is 2.91. The second-order valence-electron chi connectivity index (χ2n) is 5.69. The van der Waals surface area contributed by atoms with E-state index in [9.17, 15) is 13.2 Å². The van der Waals surface area contributed by atoms with Gasteiger partial charge in [-0.05, 0) is 43.0 Å². The maximum absolute atomic E-state index is 12.0. The van der Waals surface area contributed by atoms with E-state index in [1.807, 2.05) is 17.5 Å². The van der Waals surface area contributed by atoms with Gasteiger partial charge >= 0.3 is 0 Å². The molecule has 1 aliphatic rings. The predicted molar refractivity (Wildman–Crippen MR) is 84.5 cm³/mol. The van der Waals surface area contributed by atoms with Gasteiger partial charge in [-0.25, -0.2) is 13.1 Å². The number of hydrogen-bond donors (Lipinski definition) is 2. The summed E-state index contributed by atoms with van der Waals surface area (Å²) in [4.78, 5) is 12.7. The fourth-order valence-electron chi connectivity index (χ4n) is 2.50. The minimum absolute atomic E-state index is 0.0173. The number of sulfonamides is 1. The lowest BCUT2D eigenvalue weighted by atomic mass is 9.88. The summed E-state index contributed by atoms with van der Waals surface area (Å²) in [6, 6.07) is 3.78. The molecule has 0 saturated heterocycles. The molecule has 0 spiro atoms. The van der Waals surface area contributed by atoms with Crippen molar-refractivity contribution >= 4 is 27.3 Å². The van der Waals surface area contributed by atoms with Gasteiger partial charge in [-0.2, -0.15) is 0 Å². The van der Waals surface area contributed by atoms with Crippen LogP contribution in [0, 0.1) is 5.92 Å². The molecule has 1 aromatic rings. The van der Waals surface area contributed by atoms with Gasteiger partial charge in [0.25, 0.3) is 0 Å². The highest BCUT2D eigenvalue weighted by Gasteiger charge is 2.24. The second-order valence-corrected chi connectivity index (χ2v) is 8.48. The first-order chi connectivity index (χ1) is 9.94. The molecule has 1 aliphatic carbocycles. The summed E-state index contributed by atoms with van der Waals surface area (Å²) in [5.41, 5.74) is 0. The van der Waals surface area contributed by atoms with Crippen LogP contribution in [0.25, 0.3) is 0 Å². The van der Waals surface area contributed by atoms with Crippen molar-refractivity contribution in [1.82, 2.24) is 10.0 Å². The first-order valence-corrected chi connectivity index (χ1v) is 9.77. The third-order valence-corrected chi connectivity index (χ3v) is 5.93. The van der Waals surface area contributed by atoms with Gasteiger partial charge in [-0.15, -0.1) is 11.3 Å². The summed E-state index contributed by atoms with van der Waals surface area (Å²) in [5.74, 6) is -0.287. The van der Waals surface area contributed by atoms with Crippen LogP contribution in [0.15, 0.2) is 17.5 Å². The average molecular weight is 330 g/mol. The Morgan fingerprint density at radius 3 is 2.67 bits per heavy atom. The molecule has 5 nitrogen and oxygen atoms in total. The zero-order valence-electron chi connectivity index (χ0n) is 12.2. The van der Waals surface area contributed by atoms with E-state index < -0.39 is 21.7 Å². The maximum Gasteiger partial charge on any atom is 0.236 e. The highest BCUT2D eigenvalue weighted by atomic mass is 32.2. The van der Waals surface area contributed by atoms with Crippen LogP contribution >= 0.6 is 11.3 Å². The molecule has 0 radical (unpaired) electrons. The minimum atomic E-state index is -3.55. The van der Waals surface area contributed by atoms with E-state index >= 15 is 0 Å². The Balaban J connectivity index is 1.76. The van der Waals surface area contributed by atoms with Crippen LogP contribution in [-0.4, -0.2) is 26.1 Å². The summed E-state index contributed by atoms with van der Waals surface area (Å²) in [5, 5.41) is 4.56. The fourth-order valence-corrected chi connectivity index (χ4v) is 4.41. The first-order valence-electron chi connectivity index (χ1n) is 7.24. The van der Waals surface area contributed by atoms with Crippen molar-refractivity contribution in [2.75, 3.05) is 5.75 Å². The number of hydrogen-bond acceptors (Lipinski definition) is 4. The number of carbonyl (C=O) groups is 1. The molecule has 0 aromatic carbocycles. The van der Waals surface area contributed by atoms with Gasteiger partial charge in [-0.1, -0.05) is 13.0 Å². The number of carbonyl (C=O) groups excluding carboxylic acids is 1. The van der Waals surface area contributed by atoms with Gasteiger partial charge in [0.05, 0.1) is 6.54 Å². The van der Waals surface area contributed by atoms with Crippen molar-refractivity contribution in [2.45, 2.75) is 45.2 Å². The summed E-state index contributed by atoms with van der Waals surface area (Å²) in [7, 11) is -3.55. The van der Waals surface area contributed by atoms with Crippen molar-refractivity contribution in [2.24, 2.45) is 5.92 Å². The van der Waals surface area contributed by atoms with Crippen LogP contribution in [-0.2, 0) is 21.4 Å². The molecule has 1 heterocycles. The maximum atomic E-state index is 12.0. The molecule has 2 rings (SSSR count). The van der Waals surface area contributed by atoms with Crippen molar-refractivity contribution in [3.8, 4) is 0 Å². The Morgan fingerprint density at radius 2 is 2.05 bits per heavy atom. The topological polar surface area (TPSA) is 75.3 Å². The second kappa shape index (κ2) is 7.38. The van der Waals surface area contributed by atoms with E-state index in [-0.39, 0.29) is 6.04 Å². The van der Waals surface area contributed by atoms with Gasteiger partial charge in [0.1, 0.15) is 5.75 Å². The lowest BCUT2D eigenvalue weighted by molar-refractivity contribution is -0.118. The number of thiophene rings is 1. The Morgan fingerprint density at radius 1 is 1.33 bits per heavy atom. The normalized spacial score (nSPS) is 22.9. The standard InChI is InChI=1S/C14H22N2O3S2/c1-11-4-6-12(7-5-11)16-21(18,19)10-14(17)15-9-13-3-2-8-20-13/h2-3,8,11-12,16H,4-7,9-10H2,1H3,(H,15,17). The van der Waals surface area contributed by atoms with E-state index in [2.05, 4.69) is 17.0 Å². The van der Waals surface area contributed by atoms with Gasteiger partial charge in [0.2, 0.25) is 15.9 Å². The molecule has 1 fully saturated rings. The molecule has 118 valence electrons. The smallest absolute Gasteiger partial charge is 0.236 e. The molecule has 0 bridgehead atoms. The zero-order chi connectivity index (χ0) is 15.3. The van der Waals surface area contributed by atoms with Crippen LogP contribution < -0.4 is 10.0 Å². The summed E-state index contributed by atoms with van der Waals surface area (Å²) >= 11 is 1.53. The lowest BCUT2D eigenvalue weighted by Crippen LogP contribution is -2.42. The number of amides is 1. The van der Waals surface area contributed by atoms with E-state index in [0.717, 1.165) is 30.6 Å². The van der Waals surface area contributed by atoms with Crippen molar-refractivity contribution < 1.29 is 13.2 Å². The van der Waals surface area contributed by atoms with E-state index in [4.69, 9.17) is 0 Å². The molecule has 1 saturated carbocycles. The van der Waals surface area contributed by atoms with Gasteiger partial charge < -0.3 is 5.32 Å². The number of nitrogens with one attached hydrogen (secondary N) is 2. The molecule has 0 atom stereocenters. The molecule has 0 aliphatic heterocycles. The van der Waals surface area contributed by atoms with E-state index in [0.29, 0.717) is 12.5 Å². The zero-order valence-corrected chi connectivity index (χ0v) is 13.8. The third kappa shape index (κ3) is 5.76. The van der Waals surface area contributed by atoms with Crippen LogP contribution in [0.3, 0.4) is 0 Å². The van der Waals surface area contributed by atoms with Crippen LogP contribution in [0.5, 0.6) is 0 Å². The summed E-state index contributed by atoms with van der Waals surface area (Å²) < 4.78 is 26.6. The van der Waals surface area contributed by atoms with Crippen LogP contribution in [0.1, 0.15) is 37.5 Å². The molecule has 0 unspecified atom stereocenters. The molecule has 21 heavy (non-hydrogen) atoms. The largest absolute Gasteiger partial charge is 0.350 e. The van der Waals surface area contributed by atoms with Crippen LogP contribution in [0.4, 0.5) is 0 Å². The van der Waals surface area contributed by atoms with Crippen molar-refractivity contribution in [3.05, 3.63) is 22.4 Å². The summed E-state index contributed by atoms with van der Waals surface area (Å²) in [6.07, 6.45) is 3.80. The molecular formula is C14H22N2O3S2. The van der Waals surface area contributed by atoms with Crippen LogP contribution in [0.2, 0.25) is 0 Å². The van der Waals surface area contributed by atoms with E-state index in [1.165, 1.54) is 11.3 Å². The van der Waals surface area contributed by atoms with Gasteiger partial charge in [-0.3, -0.25) is 4.79 Å². The van der Waals surface area contributed by atoms with Gasteiger partial charge in [0, 0.05) is 10.9 Å². The predicted octanol–water partition coefficient (Wildman–Crippen LogP) is 1.86. The Bertz CT molecular complexity index is 547. The first kappa shape index (κ1) is 16.5. The Hall–Kier alpha value is -0.920. The number of rotatable bonds is 6. The monoisotopic (exact) mass is 330 g/mol. The lowest BCUT2D eigenvalue weighted by Gasteiger charge is -2.26. The van der Waals surface area contributed by atoms with E-state index in [1.54, 1.807) is 0 Å².